The Balaban J connectivity index is 1.91. The van der Waals surface area contributed by atoms with Gasteiger partial charge in [-0.2, -0.15) is 0 Å². The van der Waals surface area contributed by atoms with Gasteiger partial charge < -0.3 is 9.47 Å². The van der Waals surface area contributed by atoms with E-state index in [1.165, 1.54) is 0 Å². The van der Waals surface area contributed by atoms with Crippen molar-refractivity contribution in [2.24, 2.45) is 0 Å². The fourth-order valence-electron chi connectivity index (χ4n) is 2.97. The second-order valence-electron chi connectivity index (χ2n) is 6.19. The molecule has 7 nitrogen and oxygen atoms in total. The highest BCUT2D eigenvalue weighted by molar-refractivity contribution is 6.07. The second kappa shape index (κ2) is 8.97. The minimum atomic E-state index is -0.884. The number of rotatable bonds is 5. The molecular weight excluding hydrogens is 372 g/mol. The SMILES string of the molecule is CCOC(=O)NC(=O)COC(=O)c1c(C)c(-c2ccccc2)nc2ccccc12. The summed E-state index contributed by atoms with van der Waals surface area (Å²) in [4.78, 5) is 40.6. The van der Waals surface area contributed by atoms with Crippen LogP contribution < -0.4 is 5.32 Å². The summed E-state index contributed by atoms with van der Waals surface area (Å²) in [6.45, 7) is 2.93. The molecule has 2 amide bonds. The number of para-hydroxylation sites is 1. The van der Waals surface area contributed by atoms with Crippen LogP contribution in [0, 0.1) is 6.92 Å². The minimum absolute atomic E-state index is 0.128. The predicted molar refractivity (Wildman–Crippen MR) is 107 cm³/mol. The minimum Gasteiger partial charge on any atom is -0.452 e. The van der Waals surface area contributed by atoms with Crippen LogP contribution in [0.25, 0.3) is 22.2 Å². The molecule has 3 rings (SSSR count). The van der Waals surface area contributed by atoms with E-state index in [0.29, 0.717) is 27.7 Å². The standard InChI is InChI=1S/C22H20N2O5/c1-3-28-22(27)24-18(25)13-29-21(26)19-14(2)20(15-9-5-4-6-10-15)23-17-12-8-7-11-16(17)19/h4-12H,3,13H2,1-2H3,(H,24,25,27). The average Bonchev–Trinajstić information content (AvgIpc) is 2.72. The first kappa shape index (κ1) is 20.0. The summed E-state index contributed by atoms with van der Waals surface area (Å²) in [5, 5.41) is 2.61. The van der Waals surface area contributed by atoms with Gasteiger partial charge in [-0.1, -0.05) is 48.5 Å². The first-order chi connectivity index (χ1) is 14.0. The molecular formula is C22H20N2O5. The van der Waals surface area contributed by atoms with Crippen LogP contribution in [0.3, 0.4) is 0 Å². The smallest absolute Gasteiger partial charge is 0.413 e. The highest BCUT2D eigenvalue weighted by atomic mass is 16.6. The number of hydrogen-bond acceptors (Lipinski definition) is 6. The molecule has 29 heavy (non-hydrogen) atoms. The molecule has 0 fully saturated rings. The largest absolute Gasteiger partial charge is 0.452 e. The molecule has 1 N–H and O–H groups in total. The van der Waals surface area contributed by atoms with E-state index in [1.807, 2.05) is 47.8 Å². The molecule has 0 radical (unpaired) electrons. The van der Waals surface area contributed by atoms with Crippen molar-refractivity contribution >= 4 is 28.9 Å². The van der Waals surface area contributed by atoms with Gasteiger partial charge in [0.05, 0.1) is 23.4 Å². The molecule has 0 unspecified atom stereocenters. The average molecular weight is 392 g/mol. The molecule has 148 valence electrons. The van der Waals surface area contributed by atoms with Crippen LogP contribution in [0.1, 0.15) is 22.8 Å². The molecule has 3 aromatic rings. The van der Waals surface area contributed by atoms with Crippen LogP contribution >= 0.6 is 0 Å². The number of ether oxygens (including phenoxy) is 2. The Morgan fingerprint density at radius 2 is 1.66 bits per heavy atom. The normalized spacial score (nSPS) is 10.4. The molecule has 0 saturated carbocycles. The number of alkyl carbamates (subject to hydrolysis) is 1. The summed E-state index contributed by atoms with van der Waals surface area (Å²) in [5.74, 6) is -1.44. The summed E-state index contributed by atoms with van der Waals surface area (Å²) >= 11 is 0. The van der Waals surface area contributed by atoms with Gasteiger partial charge in [0, 0.05) is 10.9 Å². The number of carbonyl (C=O) groups excluding carboxylic acids is 3. The maximum atomic E-state index is 12.8. The molecule has 7 heteroatoms. The molecule has 0 aliphatic carbocycles. The van der Waals surface area contributed by atoms with Crippen LogP contribution in [0.2, 0.25) is 0 Å². The highest BCUT2D eigenvalue weighted by Gasteiger charge is 2.21. The molecule has 1 aromatic heterocycles. The monoisotopic (exact) mass is 392 g/mol. The summed E-state index contributed by atoms with van der Waals surface area (Å²) < 4.78 is 9.79. The lowest BCUT2D eigenvalue weighted by atomic mass is 9.98. The summed E-state index contributed by atoms with van der Waals surface area (Å²) in [6, 6.07) is 16.7. The topological polar surface area (TPSA) is 94.6 Å². The van der Waals surface area contributed by atoms with E-state index in [4.69, 9.17) is 9.72 Å². The number of nitrogens with zero attached hydrogens (tertiary/aromatic N) is 1. The van der Waals surface area contributed by atoms with E-state index in [-0.39, 0.29) is 6.61 Å². The van der Waals surface area contributed by atoms with Crippen molar-refractivity contribution in [1.82, 2.24) is 10.3 Å². The van der Waals surface area contributed by atoms with Gasteiger partial charge in [0.15, 0.2) is 6.61 Å². The zero-order valence-electron chi connectivity index (χ0n) is 16.1. The van der Waals surface area contributed by atoms with Crippen molar-refractivity contribution in [2.75, 3.05) is 13.2 Å². The third-order valence-corrected chi connectivity index (χ3v) is 4.24. The third kappa shape index (κ3) is 4.57. The lowest BCUT2D eigenvalue weighted by Crippen LogP contribution is -2.34. The van der Waals surface area contributed by atoms with Crippen molar-refractivity contribution in [1.29, 1.82) is 0 Å². The summed E-state index contributed by atoms with van der Waals surface area (Å²) in [7, 11) is 0. The number of aromatic nitrogens is 1. The van der Waals surface area contributed by atoms with Gasteiger partial charge in [0.1, 0.15) is 0 Å². The van der Waals surface area contributed by atoms with Crippen molar-refractivity contribution in [3.8, 4) is 11.3 Å². The number of fused-ring (bicyclic) bond motifs is 1. The van der Waals surface area contributed by atoms with E-state index >= 15 is 0 Å². The molecule has 2 aromatic carbocycles. The Bertz CT molecular complexity index is 1060. The number of imide groups is 1. The molecule has 0 atom stereocenters. The van der Waals surface area contributed by atoms with Crippen molar-refractivity contribution in [2.45, 2.75) is 13.8 Å². The van der Waals surface area contributed by atoms with E-state index in [1.54, 1.807) is 26.0 Å². The molecule has 0 bridgehead atoms. The van der Waals surface area contributed by atoms with Crippen molar-refractivity contribution in [3.05, 3.63) is 65.7 Å². The molecule has 1 heterocycles. The Kier molecular flexibility index (Phi) is 6.19. The Morgan fingerprint density at radius 1 is 0.966 bits per heavy atom. The van der Waals surface area contributed by atoms with Gasteiger partial charge in [-0.25, -0.2) is 14.6 Å². The number of carbonyl (C=O) groups is 3. The van der Waals surface area contributed by atoms with E-state index in [2.05, 4.69) is 4.74 Å². The van der Waals surface area contributed by atoms with Gasteiger partial charge >= 0.3 is 12.1 Å². The van der Waals surface area contributed by atoms with Gasteiger partial charge in [-0.3, -0.25) is 10.1 Å². The van der Waals surface area contributed by atoms with Crippen LogP contribution in [0.5, 0.6) is 0 Å². The zero-order valence-corrected chi connectivity index (χ0v) is 16.1. The number of pyridine rings is 1. The maximum Gasteiger partial charge on any atom is 0.413 e. The van der Waals surface area contributed by atoms with E-state index in [0.717, 1.165) is 5.56 Å². The van der Waals surface area contributed by atoms with Crippen LogP contribution in [-0.2, 0) is 14.3 Å². The summed E-state index contributed by atoms with van der Waals surface area (Å²) in [6.07, 6.45) is -0.884. The molecule has 0 aliphatic rings. The first-order valence-electron chi connectivity index (χ1n) is 9.09. The number of esters is 1. The second-order valence-corrected chi connectivity index (χ2v) is 6.19. The van der Waals surface area contributed by atoms with Crippen molar-refractivity contribution < 1.29 is 23.9 Å². The maximum absolute atomic E-state index is 12.8. The van der Waals surface area contributed by atoms with Crippen molar-refractivity contribution in [3.63, 3.8) is 0 Å². The van der Waals surface area contributed by atoms with Gasteiger partial charge in [-0.05, 0) is 25.5 Å². The van der Waals surface area contributed by atoms with Gasteiger partial charge in [-0.15, -0.1) is 0 Å². The van der Waals surface area contributed by atoms with Crippen LogP contribution in [0.15, 0.2) is 54.6 Å². The fourth-order valence-corrected chi connectivity index (χ4v) is 2.97. The Hall–Kier alpha value is -3.74. The number of nitrogens with one attached hydrogen (secondary N) is 1. The van der Waals surface area contributed by atoms with Gasteiger partial charge in [0.2, 0.25) is 0 Å². The van der Waals surface area contributed by atoms with E-state index < -0.39 is 24.6 Å². The molecule has 0 saturated heterocycles. The fraction of sp³-hybridized carbons (Fsp3) is 0.182. The zero-order chi connectivity index (χ0) is 20.8. The third-order valence-electron chi connectivity index (χ3n) is 4.24. The lowest BCUT2D eigenvalue weighted by molar-refractivity contribution is -0.123. The Morgan fingerprint density at radius 3 is 2.38 bits per heavy atom. The molecule has 0 aliphatic heterocycles. The van der Waals surface area contributed by atoms with Gasteiger partial charge in [0.25, 0.3) is 5.91 Å². The Labute approximate surface area is 167 Å². The number of amides is 2. The first-order valence-corrected chi connectivity index (χ1v) is 9.09. The lowest BCUT2D eigenvalue weighted by Gasteiger charge is -2.14. The quantitative estimate of drug-likeness (QED) is 0.666. The summed E-state index contributed by atoms with van der Waals surface area (Å²) in [5.41, 5.74) is 3.14. The van der Waals surface area contributed by atoms with E-state index in [9.17, 15) is 14.4 Å². The number of hydrogen-bond donors (Lipinski definition) is 1. The highest BCUT2D eigenvalue weighted by Crippen LogP contribution is 2.30. The van der Waals surface area contributed by atoms with Crippen LogP contribution in [0.4, 0.5) is 4.79 Å². The molecule has 0 spiro atoms. The number of benzene rings is 2. The predicted octanol–water partition coefficient (Wildman–Crippen LogP) is 3.64. The van der Waals surface area contributed by atoms with Crippen LogP contribution in [-0.4, -0.2) is 36.2 Å².